The van der Waals surface area contributed by atoms with Crippen molar-refractivity contribution in [3.63, 3.8) is 0 Å². The quantitative estimate of drug-likeness (QED) is 0.463. The SMILES string of the molecule is COC(=O)c1cc(C(=O)N(C)CC(=O)Nc2ccc(C)cc2)cc([N+](=O)[O-])c1. The molecular formula is C19H19N3O6. The fraction of sp³-hybridized carbons (Fsp3) is 0.211. The first-order valence-electron chi connectivity index (χ1n) is 8.21. The van der Waals surface area contributed by atoms with Gasteiger partial charge in [0, 0.05) is 30.4 Å². The summed E-state index contributed by atoms with van der Waals surface area (Å²) in [6, 6.07) is 10.4. The van der Waals surface area contributed by atoms with Crippen LogP contribution in [0.1, 0.15) is 26.3 Å². The van der Waals surface area contributed by atoms with Crippen molar-refractivity contribution >= 4 is 29.2 Å². The summed E-state index contributed by atoms with van der Waals surface area (Å²) in [7, 11) is 2.51. The van der Waals surface area contributed by atoms with Gasteiger partial charge in [0.1, 0.15) is 0 Å². The Morgan fingerprint density at radius 1 is 1.11 bits per heavy atom. The highest BCUT2D eigenvalue weighted by Crippen LogP contribution is 2.19. The van der Waals surface area contributed by atoms with Crippen LogP contribution in [0.15, 0.2) is 42.5 Å². The van der Waals surface area contributed by atoms with Crippen LogP contribution in [0, 0.1) is 17.0 Å². The molecule has 1 N–H and O–H groups in total. The number of aryl methyl sites for hydroxylation is 1. The molecule has 2 aromatic carbocycles. The van der Waals surface area contributed by atoms with Crippen LogP contribution >= 0.6 is 0 Å². The smallest absolute Gasteiger partial charge is 0.338 e. The molecule has 0 atom stereocenters. The lowest BCUT2D eigenvalue weighted by molar-refractivity contribution is -0.384. The largest absolute Gasteiger partial charge is 0.465 e. The van der Waals surface area contributed by atoms with E-state index < -0.39 is 28.4 Å². The number of hydrogen-bond donors (Lipinski definition) is 1. The van der Waals surface area contributed by atoms with Gasteiger partial charge in [-0.1, -0.05) is 17.7 Å². The second kappa shape index (κ2) is 8.76. The second-order valence-corrected chi connectivity index (χ2v) is 6.09. The molecule has 9 heteroatoms. The van der Waals surface area contributed by atoms with Gasteiger partial charge in [-0.2, -0.15) is 0 Å². The van der Waals surface area contributed by atoms with Gasteiger partial charge in [0.15, 0.2) is 0 Å². The van der Waals surface area contributed by atoms with Crippen molar-refractivity contribution in [2.45, 2.75) is 6.92 Å². The number of nitrogens with zero attached hydrogens (tertiary/aromatic N) is 2. The number of anilines is 1. The van der Waals surface area contributed by atoms with E-state index in [1.807, 2.05) is 19.1 Å². The molecule has 0 saturated heterocycles. The third-order valence-corrected chi connectivity index (χ3v) is 3.86. The van der Waals surface area contributed by atoms with Crippen LogP contribution in [0.25, 0.3) is 0 Å². The monoisotopic (exact) mass is 385 g/mol. The molecular weight excluding hydrogens is 366 g/mol. The van der Waals surface area contributed by atoms with Crippen molar-refractivity contribution < 1.29 is 24.0 Å². The van der Waals surface area contributed by atoms with Crippen molar-refractivity contribution in [3.05, 3.63) is 69.3 Å². The molecule has 2 amide bonds. The fourth-order valence-corrected chi connectivity index (χ4v) is 2.42. The molecule has 0 aliphatic carbocycles. The van der Waals surface area contributed by atoms with Crippen LogP contribution in [0.2, 0.25) is 0 Å². The molecule has 0 aliphatic heterocycles. The minimum Gasteiger partial charge on any atom is -0.465 e. The van der Waals surface area contributed by atoms with Crippen molar-refractivity contribution in [2.24, 2.45) is 0 Å². The Bertz CT molecular complexity index is 924. The van der Waals surface area contributed by atoms with E-state index in [4.69, 9.17) is 0 Å². The predicted octanol–water partition coefficient (Wildman–Crippen LogP) is 2.40. The van der Waals surface area contributed by atoms with Gasteiger partial charge >= 0.3 is 5.97 Å². The van der Waals surface area contributed by atoms with Gasteiger partial charge < -0.3 is 15.0 Å². The average Bonchev–Trinajstić information content (AvgIpc) is 2.67. The molecule has 0 aromatic heterocycles. The second-order valence-electron chi connectivity index (χ2n) is 6.09. The third kappa shape index (κ3) is 5.13. The van der Waals surface area contributed by atoms with E-state index >= 15 is 0 Å². The summed E-state index contributed by atoms with van der Waals surface area (Å²) < 4.78 is 4.55. The summed E-state index contributed by atoms with van der Waals surface area (Å²) in [5, 5.41) is 13.7. The number of likely N-dealkylation sites (N-methyl/N-ethyl adjacent to an activating group) is 1. The maximum atomic E-state index is 12.6. The van der Waals surface area contributed by atoms with Gasteiger partial charge in [-0.25, -0.2) is 4.79 Å². The molecule has 0 bridgehead atoms. The molecule has 0 aliphatic rings. The Labute approximate surface area is 161 Å². The minimum absolute atomic E-state index is 0.0970. The minimum atomic E-state index is -0.808. The van der Waals surface area contributed by atoms with Crippen molar-refractivity contribution in [3.8, 4) is 0 Å². The first kappa shape index (κ1) is 20.6. The van der Waals surface area contributed by atoms with E-state index in [2.05, 4.69) is 10.1 Å². The first-order valence-corrected chi connectivity index (χ1v) is 8.21. The van der Waals surface area contributed by atoms with Crippen molar-refractivity contribution in [2.75, 3.05) is 26.0 Å². The Balaban J connectivity index is 2.16. The summed E-state index contributed by atoms with van der Waals surface area (Å²) in [4.78, 5) is 47.9. The molecule has 0 heterocycles. The van der Waals surface area contributed by atoms with Gasteiger partial charge in [0.05, 0.1) is 24.1 Å². The number of amides is 2. The number of methoxy groups -OCH3 is 1. The summed E-state index contributed by atoms with van der Waals surface area (Å²) in [5.74, 6) is -1.89. The number of benzene rings is 2. The molecule has 146 valence electrons. The summed E-state index contributed by atoms with van der Waals surface area (Å²) in [5.41, 5.74) is 0.971. The zero-order chi connectivity index (χ0) is 20.8. The highest BCUT2D eigenvalue weighted by molar-refractivity contribution is 6.01. The predicted molar refractivity (Wildman–Crippen MR) is 101 cm³/mol. The highest BCUT2D eigenvalue weighted by atomic mass is 16.6. The number of hydrogen-bond acceptors (Lipinski definition) is 6. The maximum Gasteiger partial charge on any atom is 0.338 e. The lowest BCUT2D eigenvalue weighted by atomic mass is 10.1. The summed E-state index contributed by atoms with van der Waals surface area (Å²) in [6.07, 6.45) is 0. The van der Waals surface area contributed by atoms with Crippen molar-refractivity contribution in [1.82, 2.24) is 4.90 Å². The Hall–Kier alpha value is -3.75. The average molecular weight is 385 g/mol. The van der Waals surface area contributed by atoms with E-state index in [0.29, 0.717) is 5.69 Å². The van der Waals surface area contributed by atoms with Crippen LogP contribution in [-0.2, 0) is 9.53 Å². The number of rotatable bonds is 6. The zero-order valence-corrected chi connectivity index (χ0v) is 15.6. The number of esters is 1. The molecule has 2 rings (SSSR count). The highest BCUT2D eigenvalue weighted by Gasteiger charge is 2.21. The number of non-ortho nitro benzene ring substituents is 1. The molecule has 2 aromatic rings. The van der Waals surface area contributed by atoms with Gasteiger partial charge in [-0.3, -0.25) is 19.7 Å². The van der Waals surface area contributed by atoms with Crippen LogP contribution in [0.3, 0.4) is 0 Å². The standard InChI is InChI=1S/C19H19N3O6/c1-12-4-6-15(7-5-12)20-17(23)11-21(2)18(24)13-8-14(19(25)28-3)10-16(9-13)22(26)27/h4-10H,11H2,1-3H3,(H,20,23). The first-order chi connectivity index (χ1) is 13.2. The third-order valence-electron chi connectivity index (χ3n) is 3.86. The van der Waals surface area contributed by atoms with Crippen LogP contribution < -0.4 is 5.32 Å². The van der Waals surface area contributed by atoms with Crippen molar-refractivity contribution in [1.29, 1.82) is 0 Å². The number of nitro benzene ring substituents is 1. The Morgan fingerprint density at radius 2 is 1.71 bits per heavy atom. The Morgan fingerprint density at radius 3 is 2.29 bits per heavy atom. The van der Waals surface area contributed by atoms with Gasteiger partial charge in [-0.15, -0.1) is 0 Å². The number of nitro groups is 1. The van der Waals surface area contributed by atoms with E-state index in [1.165, 1.54) is 13.1 Å². The molecule has 0 unspecified atom stereocenters. The van der Waals surface area contributed by atoms with Crippen LogP contribution in [-0.4, -0.2) is 48.3 Å². The lowest BCUT2D eigenvalue weighted by Crippen LogP contribution is -2.35. The number of nitrogens with one attached hydrogen (secondary N) is 1. The fourth-order valence-electron chi connectivity index (χ4n) is 2.42. The number of carbonyl (C=O) groups excluding carboxylic acids is 3. The normalized spacial score (nSPS) is 10.1. The molecule has 28 heavy (non-hydrogen) atoms. The number of carbonyl (C=O) groups is 3. The molecule has 0 fully saturated rings. The van der Waals surface area contributed by atoms with E-state index in [-0.39, 0.29) is 17.7 Å². The molecule has 0 spiro atoms. The zero-order valence-electron chi connectivity index (χ0n) is 15.6. The summed E-state index contributed by atoms with van der Waals surface area (Å²) >= 11 is 0. The van der Waals surface area contributed by atoms with E-state index in [9.17, 15) is 24.5 Å². The topological polar surface area (TPSA) is 119 Å². The molecule has 9 nitrogen and oxygen atoms in total. The Kier molecular flexibility index (Phi) is 6.43. The van der Waals surface area contributed by atoms with Gasteiger partial charge in [0.2, 0.25) is 5.91 Å². The summed E-state index contributed by atoms with van der Waals surface area (Å²) in [6.45, 7) is 1.64. The van der Waals surface area contributed by atoms with Gasteiger partial charge in [-0.05, 0) is 25.1 Å². The lowest BCUT2D eigenvalue weighted by Gasteiger charge is -2.17. The van der Waals surface area contributed by atoms with E-state index in [0.717, 1.165) is 29.7 Å². The number of ether oxygens (including phenoxy) is 1. The van der Waals surface area contributed by atoms with Crippen LogP contribution in [0.5, 0.6) is 0 Å². The van der Waals surface area contributed by atoms with Crippen LogP contribution in [0.4, 0.5) is 11.4 Å². The molecule has 0 radical (unpaired) electrons. The molecule has 0 saturated carbocycles. The van der Waals surface area contributed by atoms with E-state index in [1.54, 1.807) is 12.1 Å². The maximum absolute atomic E-state index is 12.6. The van der Waals surface area contributed by atoms with Gasteiger partial charge in [0.25, 0.3) is 11.6 Å².